The molecule has 32 heavy (non-hydrogen) atoms. The predicted octanol–water partition coefficient (Wildman–Crippen LogP) is 4.31. The Labute approximate surface area is 180 Å². The molecule has 0 bridgehead atoms. The summed E-state index contributed by atoms with van der Waals surface area (Å²) in [5.74, 6) is 0.408. The zero-order chi connectivity index (χ0) is 23.5. The number of nitrogens with zero attached hydrogens (tertiary/aromatic N) is 2. The summed E-state index contributed by atoms with van der Waals surface area (Å²) in [6.07, 6.45) is -4.33. The van der Waals surface area contributed by atoms with Crippen LogP contribution in [0, 0.1) is 18.3 Å². The van der Waals surface area contributed by atoms with Crippen LogP contribution in [0.5, 0.6) is 17.2 Å². The van der Waals surface area contributed by atoms with Crippen LogP contribution in [0.15, 0.2) is 52.1 Å². The Balaban J connectivity index is 2.24. The number of rotatable bonds is 6. The Morgan fingerprint density at radius 3 is 2.41 bits per heavy atom. The molecule has 0 aliphatic rings. The van der Waals surface area contributed by atoms with Crippen LogP contribution in [0.3, 0.4) is 0 Å². The van der Waals surface area contributed by atoms with Gasteiger partial charge in [-0.1, -0.05) is 25.1 Å². The summed E-state index contributed by atoms with van der Waals surface area (Å²) in [5, 5.41) is 9.57. The first-order valence-electron chi connectivity index (χ1n) is 9.54. The lowest BCUT2D eigenvalue weighted by molar-refractivity contribution is -0.141. The monoisotopic (exact) mass is 445 g/mol. The molecule has 1 aromatic heterocycles. The molecule has 166 valence electrons. The molecule has 0 radical (unpaired) electrons. The van der Waals surface area contributed by atoms with Crippen LogP contribution >= 0.6 is 0 Å². The fourth-order valence-corrected chi connectivity index (χ4v) is 2.89. The first-order valence-corrected chi connectivity index (χ1v) is 9.54. The van der Waals surface area contributed by atoms with Gasteiger partial charge in [0.15, 0.2) is 0 Å². The van der Waals surface area contributed by atoms with Crippen LogP contribution in [0.4, 0.5) is 13.2 Å². The molecule has 0 spiro atoms. The number of ether oxygens (including phenoxy) is 2. The maximum Gasteiger partial charge on any atom is 0.431 e. The second-order valence-electron chi connectivity index (χ2n) is 6.80. The van der Waals surface area contributed by atoms with Crippen molar-refractivity contribution in [2.24, 2.45) is 0 Å². The Bertz CT molecular complexity index is 1270. The highest BCUT2D eigenvalue weighted by Crippen LogP contribution is 2.34. The minimum absolute atomic E-state index is 0.00634. The van der Waals surface area contributed by atoms with E-state index in [0.29, 0.717) is 16.7 Å². The molecule has 0 unspecified atom stereocenters. The second kappa shape index (κ2) is 9.01. The van der Waals surface area contributed by atoms with Crippen molar-refractivity contribution >= 4 is 0 Å². The number of para-hydroxylation sites is 1. The van der Waals surface area contributed by atoms with E-state index in [4.69, 9.17) is 9.47 Å². The van der Waals surface area contributed by atoms with E-state index < -0.39 is 23.1 Å². The highest BCUT2D eigenvalue weighted by Gasteiger charge is 2.33. The molecule has 0 saturated carbocycles. The van der Waals surface area contributed by atoms with E-state index in [9.17, 15) is 28.0 Å². The molecule has 1 heterocycles. The number of aryl methyl sites for hydroxylation is 1. The standard InChI is InChI=1S/C22H18F3N3O4/c1-3-8-31-18-9-14(12-26)17(32-16-7-5-4-6-13(16)2)10-15(18)28-20(29)11-19(22(23,24)25)27-21(28)30/h4-7,9-11H,3,8H2,1-2H3,(H,27,30). The summed E-state index contributed by atoms with van der Waals surface area (Å²) < 4.78 is 50.8. The van der Waals surface area contributed by atoms with Crippen molar-refractivity contribution in [1.29, 1.82) is 5.26 Å². The highest BCUT2D eigenvalue weighted by atomic mass is 19.4. The van der Waals surface area contributed by atoms with E-state index in [-0.39, 0.29) is 35.4 Å². The molecule has 3 aromatic rings. The molecule has 1 N–H and O–H groups in total. The number of hydrogen-bond donors (Lipinski definition) is 1. The lowest BCUT2D eigenvalue weighted by Crippen LogP contribution is -2.36. The van der Waals surface area contributed by atoms with E-state index in [2.05, 4.69) is 0 Å². The van der Waals surface area contributed by atoms with Gasteiger partial charge in [-0.25, -0.2) is 9.36 Å². The van der Waals surface area contributed by atoms with Gasteiger partial charge in [0.25, 0.3) is 5.56 Å². The molecular formula is C22H18F3N3O4. The van der Waals surface area contributed by atoms with Gasteiger partial charge in [0.2, 0.25) is 0 Å². The van der Waals surface area contributed by atoms with Crippen molar-refractivity contribution in [2.45, 2.75) is 26.4 Å². The first kappa shape index (κ1) is 22.7. The molecule has 7 nitrogen and oxygen atoms in total. The largest absolute Gasteiger partial charge is 0.491 e. The summed E-state index contributed by atoms with van der Waals surface area (Å²) in [4.78, 5) is 26.6. The molecule has 0 aliphatic heterocycles. The quantitative estimate of drug-likeness (QED) is 0.610. The Kier molecular flexibility index (Phi) is 6.39. The first-order chi connectivity index (χ1) is 15.2. The van der Waals surface area contributed by atoms with Gasteiger partial charge in [0, 0.05) is 18.2 Å². The van der Waals surface area contributed by atoms with Gasteiger partial charge in [0.1, 0.15) is 29.0 Å². The predicted molar refractivity (Wildman–Crippen MR) is 109 cm³/mol. The number of aromatic nitrogens is 2. The van der Waals surface area contributed by atoms with E-state index in [1.54, 1.807) is 36.2 Å². The summed E-state index contributed by atoms with van der Waals surface area (Å²) in [6.45, 7) is 3.78. The number of aromatic amines is 1. The summed E-state index contributed by atoms with van der Waals surface area (Å²) >= 11 is 0. The minimum Gasteiger partial charge on any atom is -0.491 e. The number of alkyl halides is 3. The minimum atomic E-state index is -4.90. The maximum atomic E-state index is 13.0. The zero-order valence-electron chi connectivity index (χ0n) is 17.1. The molecule has 0 saturated heterocycles. The van der Waals surface area contributed by atoms with Gasteiger partial charge in [-0.2, -0.15) is 18.4 Å². The average molecular weight is 445 g/mol. The molecule has 3 rings (SSSR count). The van der Waals surface area contributed by atoms with Crippen LogP contribution in [-0.2, 0) is 6.18 Å². The number of H-pyrrole nitrogens is 1. The highest BCUT2D eigenvalue weighted by molar-refractivity contribution is 5.59. The number of nitriles is 1. The average Bonchev–Trinajstić information content (AvgIpc) is 2.73. The van der Waals surface area contributed by atoms with E-state index in [1.807, 2.05) is 13.0 Å². The van der Waals surface area contributed by atoms with E-state index >= 15 is 0 Å². The van der Waals surface area contributed by atoms with Crippen molar-refractivity contribution < 1.29 is 22.6 Å². The number of nitrogens with one attached hydrogen (secondary N) is 1. The Hall–Kier alpha value is -4.00. The van der Waals surface area contributed by atoms with Crippen molar-refractivity contribution in [3.8, 4) is 29.0 Å². The van der Waals surface area contributed by atoms with Gasteiger partial charge >= 0.3 is 11.9 Å². The zero-order valence-corrected chi connectivity index (χ0v) is 17.1. The van der Waals surface area contributed by atoms with Gasteiger partial charge in [-0.05, 0) is 25.0 Å². The van der Waals surface area contributed by atoms with Crippen molar-refractivity contribution in [3.63, 3.8) is 0 Å². The molecule has 2 aromatic carbocycles. The fraction of sp³-hybridized carbons (Fsp3) is 0.227. The summed E-state index contributed by atoms with van der Waals surface area (Å²) in [5.41, 5.74) is -3.33. The third-order valence-corrected chi connectivity index (χ3v) is 4.44. The fourth-order valence-electron chi connectivity index (χ4n) is 2.89. The van der Waals surface area contributed by atoms with Crippen molar-refractivity contribution in [3.05, 3.63) is 80.1 Å². The molecule has 0 amide bonds. The lowest BCUT2D eigenvalue weighted by atomic mass is 10.1. The molecule has 10 heteroatoms. The van der Waals surface area contributed by atoms with Crippen molar-refractivity contribution in [1.82, 2.24) is 9.55 Å². The molecule has 0 atom stereocenters. The third-order valence-electron chi connectivity index (χ3n) is 4.44. The summed E-state index contributed by atoms with van der Waals surface area (Å²) in [6, 6.07) is 11.7. The van der Waals surface area contributed by atoms with Gasteiger partial charge in [0.05, 0.1) is 17.9 Å². The normalized spacial score (nSPS) is 11.1. The number of benzene rings is 2. The van der Waals surface area contributed by atoms with E-state index in [0.717, 1.165) is 5.56 Å². The lowest BCUT2D eigenvalue weighted by Gasteiger charge is -2.17. The van der Waals surface area contributed by atoms with Gasteiger partial charge < -0.3 is 14.5 Å². The third kappa shape index (κ3) is 4.67. The smallest absolute Gasteiger partial charge is 0.431 e. The Morgan fingerprint density at radius 1 is 1.09 bits per heavy atom. The van der Waals surface area contributed by atoms with Gasteiger partial charge in [-0.15, -0.1) is 0 Å². The van der Waals surface area contributed by atoms with Crippen LogP contribution in [-0.4, -0.2) is 16.2 Å². The number of halogens is 3. The van der Waals surface area contributed by atoms with Crippen LogP contribution < -0.4 is 20.7 Å². The molecule has 0 aliphatic carbocycles. The van der Waals surface area contributed by atoms with Crippen LogP contribution in [0.2, 0.25) is 0 Å². The van der Waals surface area contributed by atoms with Crippen LogP contribution in [0.1, 0.15) is 30.2 Å². The van der Waals surface area contributed by atoms with E-state index in [1.165, 1.54) is 12.1 Å². The Morgan fingerprint density at radius 2 is 1.81 bits per heavy atom. The molecular weight excluding hydrogens is 427 g/mol. The second-order valence-corrected chi connectivity index (χ2v) is 6.80. The summed E-state index contributed by atoms with van der Waals surface area (Å²) in [7, 11) is 0. The maximum absolute atomic E-state index is 13.0. The van der Waals surface area contributed by atoms with Gasteiger partial charge in [-0.3, -0.25) is 4.79 Å². The van der Waals surface area contributed by atoms with Crippen LogP contribution in [0.25, 0.3) is 5.69 Å². The number of hydrogen-bond acceptors (Lipinski definition) is 5. The SMILES string of the molecule is CCCOc1cc(C#N)c(Oc2ccccc2C)cc1-n1c(=O)cc(C(F)(F)F)[nH]c1=O. The van der Waals surface area contributed by atoms with Crippen molar-refractivity contribution in [2.75, 3.05) is 6.61 Å². The topological polar surface area (TPSA) is 97.1 Å². The molecule has 0 fully saturated rings.